The third-order valence-electron chi connectivity index (χ3n) is 2.78. The molecule has 0 bridgehead atoms. The molecule has 0 amide bonds. The van der Waals surface area contributed by atoms with Crippen molar-refractivity contribution in [3.63, 3.8) is 0 Å². The Bertz CT molecular complexity index is 700. The molecule has 1 aromatic heterocycles. The number of halogens is 3. The first-order chi connectivity index (χ1) is 9.62. The van der Waals surface area contributed by atoms with Crippen molar-refractivity contribution in [3.8, 4) is 5.69 Å². The summed E-state index contributed by atoms with van der Waals surface area (Å²) < 4.78 is 28.5. The maximum absolute atomic E-state index is 14.1. The van der Waals surface area contributed by atoms with Crippen LogP contribution in [0.2, 0.25) is 0 Å². The van der Waals surface area contributed by atoms with Gasteiger partial charge >= 0.3 is 5.97 Å². The summed E-state index contributed by atoms with van der Waals surface area (Å²) >= 11 is 3.07. The predicted molar refractivity (Wildman–Crippen MR) is 74.6 cm³/mol. The zero-order valence-electron chi connectivity index (χ0n) is 11.5. The summed E-state index contributed by atoms with van der Waals surface area (Å²) in [6, 6.07) is 1.78. The zero-order valence-corrected chi connectivity index (χ0v) is 13.1. The van der Waals surface area contributed by atoms with E-state index in [2.05, 4.69) is 26.2 Å². The standard InChI is InChI=1S/C13H12BrF2N3O2/c1-13(2,3)11-9(12(20)21)17-18-19(11)10-7(14)4-6(15)5-8(10)16/h4-5H,1-3H3,(H,20,21). The van der Waals surface area contributed by atoms with E-state index < -0.39 is 23.0 Å². The van der Waals surface area contributed by atoms with Crippen LogP contribution in [0.4, 0.5) is 8.78 Å². The molecule has 2 rings (SSSR count). The fourth-order valence-electron chi connectivity index (χ4n) is 1.99. The van der Waals surface area contributed by atoms with E-state index in [1.54, 1.807) is 20.8 Å². The lowest BCUT2D eigenvalue weighted by Crippen LogP contribution is -2.22. The molecule has 0 aliphatic heterocycles. The van der Waals surface area contributed by atoms with Gasteiger partial charge in [0.25, 0.3) is 0 Å². The molecule has 0 saturated heterocycles. The SMILES string of the molecule is CC(C)(C)c1c(C(=O)O)nnn1-c1c(F)cc(F)cc1Br. The van der Waals surface area contributed by atoms with Crippen molar-refractivity contribution in [2.45, 2.75) is 26.2 Å². The number of rotatable bonds is 2. The Labute approximate surface area is 127 Å². The largest absolute Gasteiger partial charge is 0.476 e. The molecular formula is C13H12BrF2N3O2. The number of aromatic nitrogens is 3. The highest BCUT2D eigenvalue weighted by molar-refractivity contribution is 9.10. The summed E-state index contributed by atoms with van der Waals surface area (Å²) in [5.41, 5.74) is -0.780. The van der Waals surface area contributed by atoms with E-state index in [1.807, 2.05) is 0 Å². The molecule has 0 fully saturated rings. The third-order valence-corrected chi connectivity index (χ3v) is 3.38. The molecule has 0 atom stereocenters. The van der Waals surface area contributed by atoms with Gasteiger partial charge in [0.2, 0.25) is 0 Å². The summed E-state index contributed by atoms with van der Waals surface area (Å²) in [5.74, 6) is -2.88. The molecule has 2 aromatic rings. The zero-order chi connectivity index (χ0) is 15.9. The van der Waals surface area contributed by atoms with Gasteiger partial charge in [0, 0.05) is 16.0 Å². The topological polar surface area (TPSA) is 68.0 Å². The van der Waals surface area contributed by atoms with Gasteiger partial charge in [-0.1, -0.05) is 26.0 Å². The molecule has 0 radical (unpaired) electrons. The molecule has 0 unspecified atom stereocenters. The Kier molecular flexibility index (Phi) is 3.83. The van der Waals surface area contributed by atoms with Gasteiger partial charge in [-0.05, 0) is 22.0 Å². The summed E-state index contributed by atoms with van der Waals surface area (Å²) in [4.78, 5) is 11.3. The first kappa shape index (κ1) is 15.6. The van der Waals surface area contributed by atoms with E-state index in [-0.39, 0.29) is 21.5 Å². The second-order valence-electron chi connectivity index (χ2n) is 5.47. The summed E-state index contributed by atoms with van der Waals surface area (Å²) in [6.07, 6.45) is 0. The number of aromatic carboxylic acids is 1. The molecule has 1 N–H and O–H groups in total. The minimum absolute atomic E-state index is 0.0821. The second kappa shape index (κ2) is 5.18. The van der Waals surface area contributed by atoms with E-state index in [4.69, 9.17) is 0 Å². The van der Waals surface area contributed by atoms with Gasteiger partial charge in [-0.2, -0.15) is 0 Å². The highest BCUT2D eigenvalue weighted by Crippen LogP contribution is 2.31. The molecule has 0 aliphatic carbocycles. The van der Waals surface area contributed by atoms with E-state index in [0.717, 1.165) is 10.7 Å². The summed E-state index contributed by atoms with van der Waals surface area (Å²) in [6.45, 7) is 5.26. The molecule has 0 saturated carbocycles. The molecular weight excluding hydrogens is 348 g/mol. The van der Waals surface area contributed by atoms with Crippen LogP contribution in [-0.4, -0.2) is 26.1 Å². The smallest absolute Gasteiger partial charge is 0.358 e. The third kappa shape index (κ3) is 2.80. The fourth-order valence-corrected chi connectivity index (χ4v) is 2.57. The number of benzene rings is 1. The van der Waals surface area contributed by atoms with Gasteiger partial charge in [-0.3, -0.25) is 0 Å². The minimum atomic E-state index is -1.26. The van der Waals surface area contributed by atoms with Crippen LogP contribution in [0.5, 0.6) is 0 Å². The van der Waals surface area contributed by atoms with Crippen LogP contribution in [-0.2, 0) is 5.41 Å². The molecule has 112 valence electrons. The molecule has 0 spiro atoms. The Hall–Kier alpha value is -1.83. The first-order valence-electron chi connectivity index (χ1n) is 5.97. The molecule has 0 aliphatic rings. The Balaban J connectivity index is 2.80. The van der Waals surface area contributed by atoms with Crippen molar-refractivity contribution in [3.05, 3.63) is 39.6 Å². The second-order valence-corrected chi connectivity index (χ2v) is 6.33. The average Bonchev–Trinajstić information content (AvgIpc) is 2.71. The summed E-state index contributed by atoms with van der Waals surface area (Å²) in [7, 11) is 0. The highest BCUT2D eigenvalue weighted by Gasteiger charge is 2.31. The monoisotopic (exact) mass is 359 g/mol. The Morgan fingerprint density at radius 3 is 2.43 bits per heavy atom. The maximum atomic E-state index is 14.1. The number of nitrogens with zero attached hydrogens (tertiary/aromatic N) is 3. The lowest BCUT2D eigenvalue weighted by Gasteiger charge is -2.21. The molecule has 1 aromatic carbocycles. The van der Waals surface area contributed by atoms with Gasteiger partial charge in [-0.25, -0.2) is 18.3 Å². The predicted octanol–water partition coefficient (Wildman–Crippen LogP) is 3.30. The van der Waals surface area contributed by atoms with Crippen molar-refractivity contribution in [2.24, 2.45) is 0 Å². The lowest BCUT2D eigenvalue weighted by atomic mass is 9.90. The van der Waals surface area contributed by atoms with E-state index in [9.17, 15) is 18.7 Å². The van der Waals surface area contributed by atoms with E-state index in [1.165, 1.54) is 0 Å². The Morgan fingerprint density at radius 1 is 1.33 bits per heavy atom. The number of carboxylic acid groups (broad SMARTS) is 1. The molecule has 21 heavy (non-hydrogen) atoms. The van der Waals surface area contributed by atoms with Gasteiger partial charge in [0.05, 0.1) is 5.69 Å². The van der Waals surface area contributed by atoms with Crippen LogP contribution in [0.15, 0.2) is 16.6 Å². The van der Waals surface area contributed by atoms with Crippen molar-refractivity contribution in [1.29, 1.82) is 0 Å². The molecule has 8 heteroatoms. The van der Waals surface area contributed by atoms with E-state index in [0.29, 0.717) is 6.07 Å². The average molecular weight is 360 g/mol. The number of hydrogen-bond acceptors (Lipinski definition) is 3. The van der Waals surface area contributed by atoms with Gasteiger partial charge in [-0.15, -0.1) is 5.10 Å². The fraction of sp³-hybridized carbons (Fsp3) is 0.308. The minimum Gasteiger partial charge on any atom is -0.476 e. The van der Waals surface area contributed by atoms with Crippen LogP contribution in [0, 0.1) is 11.6 Å². The van der Waals surface area contributed by atoms with Crippen molar-refractivity contribution >= 4 is 21.9 Å². The normalized spacial score (nSPS) is 11.7. The lowest BCUT2D eigenvalue weighted by molar-refractivity contribution is 0.0687. The number of carbonyl (C=O) groups is 1. The van der Waals surface area contributed by atoms with Crippen LogP contribution in [0.3, 0.4) is 0 Å². The van der Waals surface area contributed by atoms with Crippen LogP contribution in [0.25, 0.3) is 5.69 Å². The van der Waals surface area contributed by atoms with Crippen LogP contribution in [0.1, 0.15) is 37.0 Å². The van der Waals surface area contributed by atoms with Gasteiger partial charge in [0.1, 0.15) is 11.5 Å². The highest BCUT2D eigenvalue weighted by atomic mass is 79.9. The molecule has 1 heterocycles. The quantitative estimate of drug-likeness (QED) is 0.892. The van der Waals surface area contributed by atoms with Crippen molar-refractivity contribution in [2.75, 3.05) is 0 Å². The van der Waals surface area contributed by atoms with Gasteiger partial charge < -0.3 is 5.11 Å². The van der Waals surface area contributed by atoms with E-state index >= 15 is 0 Å². The number of hydrogen-bond donors (Lipinski definition) is 1. The number of carboxylic acids is 1. The van der Waals surface area contributed by atoms with Crippen molar-refractivity contribution in [1.82, 2.24) is 15.0 Å². The van der Waals surface area contributed by atoms with Crippen molar-refractivity contribution < 1.29 is 18.7 Å². The maximum Gasteiger partial charge on any atom is 0.358 e. The Morgan fingerprint density at radius 2 is 1.95 bits per heavy atom. The van der Waals surface area contributed by atoms with Crippen LogP contribution < -0.4 is 0 Å². The van der Waals surface area contributed by atoms with Gasteiger partial charge in [0.15, 0.2) is 11.5 Å². The first-order valence-corrected chi connectivity index (χ1v) is 6.76. The van der Waals surface area contributed by atoms with Crippen LogP contribution >= 0.6 is 15.9 Å². The molecule has 5 nitrogen and oxygen atoms in total. The summed E-state index contributed by atoms with van der Waals surface area (Å²) in [5, 5.41) is 16.5.